The smallest absolute Gasteiger partial charge is 0.240 e. The second kappa shape index (κ2) is 10.3. The number of rotatable bonds is 10. The number of amides is 1. The third kappa shape index (κ3) is 4.28. The van der Waals surface area contributed by atoms with Crippen molar-refractivity contribution < 1.29 is 28.8 Å². The van der Waals surface area contributed by atoms with Gasteiger partial charge in [0.25, 0.3) is 0 Å². The minimum atomic E-state index is -0.847. The molecule has 2 atom stereocenters. The summed E-state index contributed by atoms with van der Waals surface area (Å²) in [6.45, 7) is 2.08. The molecule has 7 nitrogen and oxygen atoms in total. The molecule has 1 aliphatic heterocycles. The number of aromatic hydroxyl groups is 1. The standard InChI is InChI=1S/C28H31NO6/c1-5-16-28(20-8-15-25(24(30)17-20)35-18-32-2)26(19-6-11-22(33-3)12-7-19)29(27(28)31)21-9-13-23(34-4)14-10-21/h6-15,17,26,30H,5,16,18H2,1-4H3/t26-,28?/m0/s1. The molecular weight excluding hydrogens is 446 g/mol. The zero-order valence-corrected chi connectivity index (χ0v) is 20.5. The topological polar surface area (TPSA) is 77.5 Å². The number of benzene rings is 3. The van der Waals surface area contributed by atoms with Crippen LogP contribution in [-0.4, -0.2) is 39.1 Å². The van der Waals surface area contributed by atoms with E-state index in [1.165, 1.54) is 7.11 Å². The predicted molar refractivity (Wildman–Crippen MR) is 133 cm³/mol. The van der Waals surface area contributed by atoms with Crippen LogP contribution in [0, 0.1) is 0 Å². The fourth-order valence-corrected chi connectivity index (χ4v) is 4.94. The van der Waals surface area contributed by atoms with E-state index in [0.29, 0.717) is 12.2 Å². The lowest BCUT2D eigenvalue weighted by Crippen LogP contribution is -2.66. The summed E-state index contributed by atoms with van der Waals surface area (Å²) in [7, 11) is 4.76. The van der Waals surface area contributed by atoms with Gasteiger partial charge >= 0.3 is 0 Å². The van der Waals surface area contributed by atoms with E-state index >= 15 is 0 Å². The molecule has 3 aromatic carbocycles. The van der Waals surface area contributed by atoms with E-state index in [9.17, 15) is 9.90 Å². The maximum atomic E-state index is 14.0. The van der Waals surface area contributed by atoms with Crippen molar-refractivity contribution in [2.45, 2.75) is 31.2 Å². The highest BCUT2D eigenvalue weighted by molar-refractivity contribution is 6.10. The van der Waals surface area contributed by atoms with Crippen LogP contribution in [0.1, 0.15) is 36.9 Å². The predicted octanol–water partition coefficient (Wildman–Crippen LogP) is 5.22. The maximum Gasteiger partial charge on any atom is 0.240 e. The number of carbonyl (C=O) groups is 1. The third-order valence-electron chi connectivity index (χ3n) is 6.56. The molecule has 3 aromatic rings. The van der Waals surface area contributed by atoms with Crippen molar-refractivity contribution in [3.8, 4) is 23.0 Å². The molecule has 0 spiro atoms. The highest BCUT2D eigenvalue weighted by Crippen LogP contribution is 2.57. The normalized spacial score (nSPS) is 19.3. The number of phenols is 1. The van der Waals surface area contributed by atoms with E-state index in [4.69, 9.17) is 18.9 Å². The molecule has 0 aromatic heterocycles. The van der Waals surface area contributed by atoms with Gasteiger partial charge in [-0.25, -0.2) is 0 Å². The Morgan fingerprint density at radius 1 is 0.914 bits per heavy atom. The number of carbonyl (C=O) groups excluding carboxylic acids is 1. The number of nitrogens with zero attached hydrogens (tertiary/aromatic N) is 1. The molecule has 1 fully saturated rings. The van der Waals surface area contributed by atoms with Crippen molar-refractivity contribution in [3.05, 3.63) is 77.9 Å². The Morgan fingerprint density at radius 3 is 2.09 bits per heavy atom. The average Bonchev–Trinajstić information content (AvgIpc) is 2.89. The molecule has 0 bridgehead atoms. The van der Waals surface area contributed by atoms with Crippen LogP contribution in [0.15, 0.2) is 66.7 Å². The van der Waals surface area contributed by atoms with E-state index in [1.54, 1.807) is 26.4 Å². The maximum absolute atomic E-state index is 14.0. The van der Waals surface area contributed by atoms with Crippen molar-refractivity contribution in [1.29, 1.82) is 0 Å². The fourth-order valence-electron chi connectivity index (χ4n) is 4.94. The van der Waals surface area contributed by atoms with Crippen LogP contribution in [0.3, 0.4) is 0 Å². The Hall–Kier alpha value is -3.71. The monoisotopic (exact) mass is 477 g/mol. The summed E-state index contributed by atoms with van der Waals surface area (Å²) >= 11 is 0. The molecule has 184 valence electrons. The highest BCUT2D eigenvalue weighted by Gasteiger charge is 2.62. The second-order valence-electron chi connectivity index (χ2n) is 8.50. The Balaban J connectivity index is 1.83. The van der Waals surface area contributed by atoms with Crippen LogP contribution in [-0.2, 0) is 14.9 Å². The Morgan fingerprint density at radius 2 is 1.54 bits per heavy atom. The minimum Gasteiger partial charge on any atom is -0.504 e. The molecule has 1 unspecified atom stereocenters. The van der Waals surface area contributed by atoms with Crippen molar-refractivity contribution in [2.24, 2.45) is 0 Å². The number of phenolic OH excluding ortho intramolecular Hbond substituents is 1. The number of ether oxygens (including phenoxy) is 4. The molecule has 7 heteroatoms. The van der Waals surface area contributed by atoms with Gasteiger partial charge in [0, 0.05) is 12.8 Å². The average molecular weight is 478 g/mol. The highest BCUT2D eigenvalue weighted by atomic mass is 16.7. The quantitative estimate of drug-likeness (QED) is 0.319. The van der Waals surface area contributed by atoms with E-state index in [2.05, 4.69) is 6.92 Å². The van der Waals surface area contributed by atoms with E-state index < -0.39 is 5.41 Å². The fraction of sp³-hybridized carbons (Fsp3) is 0.321. The summed E-state index contributed by atoms with van der Waals surface area (Å²) in [4.78, 5) is 15.9. The number of hydrogen-bond acceptors (Lipinski definition) is 6. The zero-order chi connectivity index (χ0) is 25.0. The Labute approximate surface area is 205 Å². The van der Waals surface area contributed by atoms with Crippen LogP contribution in [0.2, 0.25) is 0 Å². The van der Waals surface area contributed by atoms with Crippen molar-refractivity contribution in [2.75, 3.05) is 33.0 Å². The van der Waals surface area contributed by atoms with E-state index in [-0.39, 0.29) is 24.5 Å². The molecule has 1 saturated heterocycles. The summed E-state index contributed by atoms with van der Waals surface area (Å²) in [5.74, 6) is 1.73. The number of β-lactam (4-membered cyclic amide) rings is 1. The molecule has 1 aliphatic rings. The molecule has 4 rings (SSSR count). The summed E-state index contributed by atoms with van der Waals surface area (Å²) in [5.41, 5.74) is 1.67. The summed E-state index contributed by atoms with van der Waals surface area (Å²) in [6.07, 6.45) is 1.41. The first-order valence-corrected chi connectivity index (χ1v) is 11.6. The summed E-state index contributed by atoms with van der Waals surface area (Å²) in [5, 5.41) is 10.7. The van der Waals surface area contributed by atoms with Gasteiger partial charge in [-0.05, 0) is 66.1 Å². The zero-order valence-electron chi connectivity index (χ0n) is 20.5. The van der Waals surface area contributed by atoms with Crippen LogP contribution < -0.4 is 19.1 Å². The molecule has 1 N–H and O–H groups in total. The molecule has 35 heavy (non-hydrogen) atoms. The first-order valence-electron chi connectivity index (χ1n) is 11.6. The SMILES string of the molecule is CCCC1(c2ccc(OCOC)c(O)c2)C(=O)N(c2ccc(OC)cc2)[C@H]1c1ccc(OC)cc1. The lowest BCUT2D eigenvalue weighted by Gasteiger charge is -2.57. The van der Waals surface area contributed by atoms with Gasteiger partial charge in [-0.3, -0.25) is 4.79 Å². The summed E-state index contributed by atoms with van der Waals surface area (Å²) < 4.78 is 21.0. The molecule has 1 heterocycles. The van der Waals surface area contributed by atoms with Gasteiger partial charge in [-0.1, -0.05) is 31.5 Å². The van der Waals surface area contributed by atoms with Gasteiger partial charge in [-0.2, -0.15) is 0 Å². The largest absolute Gasteiger partial charge is 0.504 e. The minimum absolute atomic E-state index is 0.0182. The van der Waals surface area contributed by atoms with Crippen molar-refractivity contribution >= 4 is 11.6 Å². The van der Waals surface area contributed by atoms with Crippen LogP contribution in [0.25, 0.3) is 0 Å². The van der Waals surface area contributed by atoms with Gasteiger partial charge in [0.2, 0.25) is 5.91 Å². The molecular formula is C28H31NO6. The molecule has 0 aliphatic carbocycles. The first-order chi connectivity index (χ1) is 17.0. The van der Waals surface area contributed by atoms with Crippen LogP contribution in [0.5, 0.6) is 23.0 Å². The Bertz CT molecular complexity index is 1160. The second-order valence-corrected chi connectivity index (χ2v) is 8.50. The van der Waals surface area contributed by atoms with E-state index in [1.807, 2.05) is 59.5 Å². The van der Waals surface area contributed by atoms with E-state index in [0.717, 1.165) is 34.7 Å². The van der Waals surface area contributed by atoms with Crippen molar-refractivity contribution in [3.63, 3.8) is 0 Å². The summed E-state index contributed by atoms with van der Waals surface area (Å²) in [6, 6.07) is 20.2. The lowest BCUT2D eigenvalue weighted by molar-refractivity contribution is -0.133. The Kier molecular flexibility index (Phi) is 7.17. The first kappa shape index (κ1) is 24.4. The molecule has 1 amide bonds. The van der Waals surface area contributed by atoms with Gasteiger partial charge < -0.3 is 29.0 Å². The van der Waals surface area contributed by atoms with Crippen molar-refractivity contribution in [1.82, 2.24) is 0 Å². The number of hydrogen-bond donors (Lipinski definition) is 1. The molecule has 0 saturated carbocycles. The van der Waals surface area contributed by atoms with Crippen LogP contribution >= 0.6 is 0 Å². The lowest BCUT2D eigenvalue weighted by atomic mass is 9.61. The molecule has 0 radical (unpaired) electrons. The van der Waals surface area contributed by atoms with Gasteiger partial charge in [0.15, 0.2) is 18.3 Å². The van der Waals surface area contributed by atoms with Gasteiger partial charge in [0.05, 0.1) is 25.7 Å². The van der Waals surface area contributed by atoms with Crippen LogP contribution in [0.4, 0.5) is 5.69 Å². The number of methoxy groups -OCH3 is 3. The third-order valence-corrected chi connectivity index (χ3v) is 6.56. The number of anilines is 1. The van der Waals surface area contributed by atoms with Gasteiger partial charge in [-0.15, -0.1) is 0 Å². The van der Waals surface area contributed by atoms with Gasteiger partial charge in [0.1, 0.15) is 11.5 Å².